The van der Waals surface area contributed by atoms with Crippen molar-refractivity contribution in [3.05, 3.63) is 18.0 Å². The highest BCUT2D eigenvalue weighted by Gasteiger charge is 2.27. The molecule has 2 rings (SSSR count). The molecule has 0 spiro atoms. The third-order valence-corrected chi connectivity index (χ3v) is 3.88. The molecule has 0 bridgehead atoms. The van der Waals surface area contributed by atoms with Crippen LogP contribution >= 0.6 is 0 Å². The Bertz CT molecular complexity index is 427. The number of aromatic nitrogens is 2. The highest BCUT2D eigenvalue weighted by molar-refractivity contribution is 5.92. The molecule has 1 amide bonds. The molecule has 19 heavy (non-hydrogen) atoms. The molecule has 1 aliphatic carbocycles. The Morgan fingerprint density at radius 1 is 1.47 bits per heavy atom. The van der Waals surface area contributed by atoms with E-state index in [9.17, 15) is 4.79 Å². The van der Waals surface area contributed by atoms with Gasteiger partial charge in [-0.15, -0.1) is 0 Å². The maximum Gasteiger partial charge on any atom is 0.269 e. The third-order valence-electron chi connectivity index (χ3n) is 3.88. The molecule has 1 aliphatic rings. The van der Waals surface area contributed by atoms with Gasteiger partial charge in [0.05, 0.1) is 0 Å². The predicted molar refractivity (Wildman–Crippen MR) is 75.0 cm³/mol. The number of nitrogens with one attached hydrogen (secondary N) is 1. The smallest absolute Gasteiger partial charge is 0.269 e. The molecule has 0 saturated heterocycles. The van der Waals surface area contributed by atoms with Crippen LogP contribution in [0.4, 0.5) is 0 Å². The zero-order valence-corrected chi connectivity index (χ0v) is 12.1. The van der Waals surface area contributed by atoms with Crippen LogP contribution in [0.3, 0.4) is 0 Å². The van der Waals surface area contributed by atoms with Gasteiger partial charge in [-0.05, 0) is 38.9 Å². The molecule has 0 radical (unpaired) electrons. The summed E-state index contributed by atoms with van der Waals surface area (Å²) in [6, 6.07) is 2.05. The van der Waals surface area contributed by atoms with E-state index >= 15 is 0 Å². The van der Waals surface area contributed by atoms with Crippen molar-refractivity contribution in [2.24, 2.45) is 13.0 Å². The van der Waals surface area contributed by atoms with E-state index in [0.717, 1.165) is 13.0 Å². The minimum Gasteiger partial charge on any atom is -0.348 e. The molecular weight excluding hydrogens is 240 g/mol. The van der Waals surface area contributed by atoms with Crippen molar-refractivity contribution in [1.29, 1.82) is 0 Å². The van der Waals surface area contributed by atoms with Crippen LogP contribution in [0.25, 0.3) is 0 Å². The zero-order chi connectivity index (χ0) is 13.8. The van der Waals surface area contributed by atoms with Crippen molar-refractivity contribution in [3.8, 4) is 0 Å². The fourth-order valence-electron chi connectivity index (χ4n) is 2.92. The van der Waals surface area contributed by atoms with Crippen molar-refractivity contribution in [2.45, 2.75) is 31.7 Å². The first kappa shape index (κ1) is 14.1. The average Bonchev–Trinajstić information content (AvgIpc) is 2.77. The van der Waals surface area contributed by atoms with Crippen molar-refractivity contribution in [1.82, 2.24) is 20.0 Å². The normalized spacial score (nSPS) is 23.6. The molecule has 1 fully saturated rings. The Morgan fingerprint density at radius 3 is 2.84 bits per heavy atom. The van der Waals surface area contributed by atoms with Gasteiger partial charge in [-0.2, -0.15) is 5.10 Å². The number of aryl methyl sites for hydroxylation is 1. The number of carbonyl (C=O) groups is 1. The topological polar surface area (TPSA) is 50.2 Å². The van der Waals surface area contributed by atoms with Gasteiger partial charge >= 0.3 is 0 Å². The van der Waals surface area contributed by atoms with Crippen molar-refractivity contribution in [3.63, 3.8) is 0 Å². The molecule has 0 aromatic carbocycles. The molecule has 1 aromatic rings. The van der Waals surface area contributed by atoms with Crippen LogP contribution in [0.15, 0.2) is 12.3 Å². The molecule has 1 aromatic heterocycles. The summed E-state index contributed by atoms with van der Waals surface area (Å²) in [4.78, 5) is 14.4. The highest BCUT2D eigenvalue weighted by Crippen LogP contribution is 2.25. The third kappa shape index (κ3) is 3.56. The van der Waals surface area contributed by atoms with E-state index in [1.54, 1.807) is 24.0 Å². The number of hydrogen-bond donors (Lipinski definition) is 1. The number of rotatable bonds is 4. The Kier molecular flexibility index (Phi) is 4.58. The first-order chi connectivity index (χ1) is 9.08. The fraction of sp³-hybridized carbons (Fsp3) is 0.714. The van der Waals surface area contributed by atoms with Gasteiger partial charge in [0, 0.05) is 25.8 Å². The second-order valence-electron chi connectivity index (χ2n) is 5.73. The first-order valence-electron chi connectivity index (χ1n) is 7.01. The second-order valence-corrected chi connectivity index (χ2v) is 5.73. The standard InChI is InChI=1S/C14H24N4O/c1-17(2)10-11-6-4-5-7-12(11)16-14(19)13-8-9-15-18(13)3/h8-9,11-12H,4-7,10H2,1-3H3,(H,16,19)/t11-,12+/m0/s1. The van der Waals surface area contributed by atoms with E-state index in [4.69, 9.17) is 0 Å². The van der Waals surface area contributed by atoms with E-state index in [1.165, 1.54) is 19.3 Å². The van der Waals surface area contributed by atoms with E-state index in [2.05, 4.69) is 29.4 Å². The van der Waals surface area contributed by atoms with E-state index < -0.39 is 0 Å². The molecule has 5 nitrogen and oxygen atoms in total. The highest BCUT2D eigenvalue weighted by atomic mass is 16.2. The minimum absolute atomic E-state index is 0.00402. The first-order valence-corrected chi connectivity index (χ1v) is 7.01. The lowest BCUT2D eigenvalue weighted by atomic mass is 9.84. The van der Waals surface area contributed by atoms with E-state index in [-0.39, 0.29) is 5.91 Å². The van der Waals surface area contributed by atoms with Crippen LogP contribution in [0.2, 0.25) is 0 Å². The SMILES string of the molecule is CN(C)C[C@@H]1CCCC[C@H]1NC(=O)c1ccnn1C. The van der Waals surface area contributed by atoms with Gasteiger partial charge in [-0.25, -0.2) is 0 Å². The van der Waals surface area contributed by atoms with Gasteiger partial charge in [0.25, 0.3) is 5.91 Å². The Labute approximate surface area is 115 Å². The molecule has 106 valence electrons. The molecule has 5 heteroatoms. The van der Waals surface area contributed by atoms with Crippen LogP contribution < -0.4 is 5.32 Å². The molecule has 1 saturated carbocycles. The van der Waals surface area contributed by atoms with Crippen LogP contribution in [0.1, 0.15) is 36.2 Å². The zero-order valence-electron chi connectivity index (χ0n) is 12.1. The van der Waals surface area contributed by atoms with Gasteiger partial charge in [0.1, 0.15) is 5.69 Å². The molecule has 0 unspecified atom stereocenters. The summed E-state index contributed by atoms with van der Waals surface area (Å²) in [5, 5.41) is 7.24. The molecule has 1 N–H and O–H groups in total. The van der Waals surface area contributed by atoms with E-state index in [1.807, 2.05) is 0 Å². The van der Waals surface area contributed by atoms with Gasteiger partial charge in [-0.1, -0.05) is 12.8 Å². The van der Waals surface area contributed by atoms with Gasteiger partial charge in [0.2, 0.25) is 0 Å². The molecular formula is C14H24N4O. The summed E-state index contributed by atoms with van der Waals surface area (Å²) in [5.74, 6) is 0.552. The predicted octanol–water partition coefficient (Wildman–Crippen LogP) is 1.27. The summed E-state index contributed by atoms with van der Waals surface area (Å²) in [6.45, 7) is 1.04. The van der Waals surface area contributed by atoms with Gasteiger partial charge < -0.3 is 10.2 Å². The van der Waals surface area contributed by atoms with Crippen LogP contribution in [-0.2, 0) is 7.05 Å². The van der Waals surface area contributed by atoms with E-state index in [0.29, 0.717) is 17.7 Å². The van der Waals surface area contributed by atoms with Crippen molar-refractivity contribution < 1.29 is 4.79 Å². The van der Waals surface area contributed by atoms with Crippen molar-refractivity contribution >= 4 is 5.91 Å². The van der Waals surface area contributed by atoms with Gasteiger partial charge in [0.15, 0.2) is 0 Å². The Hall–Kier alpha value is -1.36. The largest absolute Gasteiger partial charge is 0.348 e. The lowest BCUT2D eigenvalue weighted by Gasteiger charge is -2.33. The molecule has 0 aliphatic heterocycles. The van der Waals surface area contributed by atoms with Crippen molar-refractivity contribution in [2.75, 3.05) is 20.6 Å². The average molecular weight is 264 g/mol. The quantitative estimate of drug-likeness (QED) is 0.891. The molecule has 1 heterocycles. The summed E-state index contributed by atoms with van der Waals surface area (Å²) in [7, 11) is 5.98. The maximum atomic E-state index is 12.2. The maximum absolute atomic E-state index is 12.2. The lowest BCUT2D eigenvalue weighted by Crippen LogP contribution is -2.45. The summed E-state index contributed by atoms with van der Waals surface area (Å²) in [5.41, 5.74) is 0.633. The Morgan fingerprint density at radius 2 is 2.21 bits per heavy atom. The minimum atomic E-state index is -0.00402. The van der Waals surface area contributed by atoms with Crippen LogP contribution in [0, 0.1) is 5.92 Å². The summed E-state index contributed by atoms with van der Waals surface area (Å²) < 4.78 is 1.62. The summed E-state index contributed by atoms with van der Waals surface area (Å²) in [6.07, 6.45) is 6.43. The number of nitrogens with zero attached hydrogens (tertiary/aromatic N) is 3. The van der Waals surface area contributed by atoms with Crippen LogP contribution in [-0.4, -0.2) is 47.3 Å². The molecule has 2 atom stereocenters. The monoisotopic (exact) mass is 264 g/mol. The number of amides is 1. The van der Waals surface area contributed by atoms with Crippen LogP contribution in [0.5, 0.6) is 0 Å². The number of carbonyl (C=O) groups excluding carboxylic acids is 1. The van der Waals surface area contributed by atoms with Gasteiger partial charge in [-0.3, -0.25) is 9.48 Å². The number of hydrogen-bond acceptors (Lipinski definition) is 3. The lowest BCUT2D eigenvalue weighted by molar-refractivity contribution is 0.0886. The summed E-state index contributed by atoms with van der Waals surface area (Å²) >= 11 is 0. The Balaban J connectivity index is 1.99. The second kappa shape index (κ2) is 6.19. The fourth-order valence-corrected chi connectivity index (χ4v) is 2.92.